The van der Waals surface area contributed by atoms with E-state index in [0.29, 0.717) is 11.4 Å². The molecular formula is C14H12N6O4. The molecule has 0 bridgehead atoms. The molecule has 2 N–H and O–H groups in total. The van der Waals surface area contributed by atoms with E-state index >= 15 is 0 Å². The lowest BCUT2D eigenvalue weighted by atomic mass is 10.3. The predicted octanol–water partition coefficient (Wildman–Crippen LogP) is 3.00. The lowest BCUT2D eigenvalue weighted by Gasteiger charge is -1.99. The fourth-order valence-electron chi connectivity index (χ4n) is 1.61. The first-order valence-electron chi connectivity index (χ1n) is 6.62. The molecule has 0 heterocycles. The predicted molar refractivity (Wildman–Crippen MR) is 90.4 cm³/mol. The molecule has 0 spiro atoms. The van der Waals surface area contributed by atoms with E-state index in [2.05, 4.69) is 21.1 Å². The lowest BCUT2D eigenvalue weighted by molar-refractivity contribution is -0.385. The molecule has 0 aliphatic carbocycles. The smallest absolute Gasteiger partial charge is 0.269 e. The molecule has 0 radical (unpaired) electrons. The van der Waals surface area contributed by atoms with Crippen LogP contribution in [0.2, 0.25) is 0 Å². The van der Waals surface area contributed by atoms with Crippen molar-refractivity contribution >= 4 is 35.2 Å². The van der Waals surface area contributed by atoms with Gasteiger partial charge in [0.05, 0.1) is 33.7 Å². The van der Waals surface area contributed by atoms with Gasteiger partial charge in [-0.3, -0.25) is 31.1 Å². The quantitative estimate of drug-likeness (QED) is 0.455. The van der Waals surface area contributed by atoms with Crippen molar-refractivity contribution in [3.05, 3.63) is 68.8 Å². The molecule has 0 saturated carbocycles. The van der Waals surface area contributed by atoms with Crippen LogP contribution in [-0.2, 0) is 0 Å². The molecule has 0 amide bonds. The van der Waals surface area contributed by atoms with Crippen molar-refractivity contribution in [3.63, 3.8) is 0 Å². The van der Waals surface area contributed by atoms with Crippen molar-refractivity contribution in [2.45, 2.75) is 0 Å². The number of hydrazone groups is 2. The van der Waals surface area contributed by atoms with Crippen LogP contribution in [-0.4, -0.2) is 22.3 Å². The van der Waals surface area contributed by atoms with Crippen LogP contribution in [0.15, 0.2) is 58.7 Å². The van der Waals surface area contributed by atoms with E-state index in [4.69, 9.17) is 0 Å². The second kappa shape index (κ2) is 7.98. The summed E-state index contributed by atoms with van der Waals surface area (Å²) in [6, 6.07) is 11.6. The number of nitrogens with one attached hydrogen (secondary N) is 2. The van der Waals surface area contributed by atoms with E-state index in [1.807, 2.05) is 0 Å². The Morgan fingerprint density at radius 2 is 1.04 bits per heavy atom. The van der Waals surface area contributed by atoms with Crippen molar-refractivity contribution in [1.82, 2.24) is 0 Å². The van der Waals surface area contributed by atoms with Gasteiger partial charge in [0.2, 0.25) is 0 Å². The summed E-state index contributed by atoms with van der Waals surface area (Å²) in [5, 5.41) is 28.7. The molecule has 0 aliphatic rings. The van der Waals surface area contributed by atoms with E-state index in [0.717, 1.165) is 0 Å². The van der Waals surface area contributed by atoms with Crippen LogP contribution in [0.3, 0.4) is 0 Å². The van der Waals surface area contributed by atoms with Gasteiger partial charge in [-0.05, 0) is 24.3 Å². The summed E-state index contributed by atoms with van der Waals surface area (Å²) in [6.07, 6.45) is 2.75. The van der Waals surface area contributed by atoms with Gasteiger partial charge in [0.1, 0.15) is 0 Å². The molecule has 10 nitrogen and oxygen atoms in total. The molecule has 0 saturated heterocycles. The largest absolute Gasteiger partial charge is 0.278 e. The lowest BCUT2D eigenvalue weighted by Crippen LogP contribution is -1.94. The molecule has 24 heavy (non-hydrogen) atoms. The van der Waals surface area contributed by atoms with Gasteiger partial charge >= 0.3 is 0 Å². The van der Waals surface area contributed by atoms with Crippen LogP contribution in [0.25, 0.3) is 0 Å². The molecule has 0 aliphatic heterocycles. The normalized spacial score (nSPS) is 10.8. The van der Waals surface area contributed by atoms with Crippen LogP contribution < -0.4 is 10.9 Å². The zero-order valence-electron chi connectivity index (χ0n) is 12.2. The molecule has 0 atom stereocenters. The molecule has 2 rings (SSSR count). The Morgan fingerprint density at radius 3 is 1.33 bits per heavy atom. The van der Waals surface area contributed by atoms with Crippen LogP contribution >= 0.6 is 0 Å². The van der Waals surface area contributed by atoms with Crippen LogP contribution in [0.4, 0.5) is 22.7 Å². The maximum Gasteiger partial charge on any atom is 0.269 e. The number of nitro benzene ring substituents is 2. The van der Waals surface area contributed by atoms with E-state index in [1.165, 1.54) is 61.0 Å². The topological polar surface area (TPSA) is 135 Å². The third-order valence-corrected chi connectivity index (χ3v) is 2.76. The summed E-state index contributed by atoms with van der Waals surface area (Å²) in [6.45, 7) is 0. The summed E-state index contributed by atoms with van der Waals surface area (Å²) in [5.74, 6) is 0. The minimum Gasteiger partial charge on any atom is -0.278 e. The third-order valence-electron chi connectivity index (χ3n) is 2.76. The number of nitrogens with zero attached hydrogens (tertiary/aromatic N) is 4. The molecule has 2 aromatic carbocycles. The summed E-state index contributed by atoms with van der Waals surface area (Å²) < 4.78 is 0. The highest BCUT2D eigenvalue weighted by Gasteiger charge is 2.03. The van der Waals surface area contributed by atoms with Gasteiger partial charge < -0.3 is 0 Å². The zero-order valence-corrected chi connectivity index (χ0v) is 12.2. The third kappa shape index (κ3) is 4.87. The van der Waals surface area contributed by atoms with E-state index < -0.39 is 9.85 Å². The first-order valence-corrected chi connectivity index (χ1v) is 6.62. The van der Waals surface area contributed by atoms with Crippen molar-refractivity contribution in [3.8, 4) is 0 Å². The molecule has 0 unspecified atom stereocenters. The Morgan fingerprint density at radius 1 is 0.708 bits per heavy atom. The number of anilines is 2. The summed E-state index contributed by atoms with van der Waals surface area (Å²) in [4.78, 5) is 20.1. The molecule has 2 aromatic rings. The molecule has 10 heteroatoms. The van der Waals surface area contributed by atoms with Gasteiger partial charge in [0, 0.05) is 24.3 Å². The monoisotopic (exact) mass is 328 g/mol. The molecular weight excluding hydrogens is 316 g/mol. The Kier molecular flexibility index (Phi) is 5.50. The highest BCUT2D eigenvalue weighted by atomic mass is 16.6. The second-order valence-corrected chi connectivity index (χ2v) is 4.39. The number of non-ortho nitro benzene ring substituents is 2. The van der Waals surface area contributed by atoms with Gasteiger partial charge in [-0.1, -0.05) is 0 Å². The summed E-state index contributed by atoms with van der Waals surface area (Å²) in [5.41, 5.74) is 6.54. The van der Waals surface area contributed by atoms with Crippen molar-refractivity contribution in [2.75, 3.05) is 10.9 Å². The Labute approximate surface area is 135 Å². The Hall–Kier alpha value is -3.82. The Balaban J connectivity index is 1.79. The van der Waals surface area contributed by atoms with Crippen LogP contribution in [0.1, 0.15) is 0 Å². The highest BCUT2D eigenvalue weighted by molar-refractivity contribution is 6.16. The summed E-state index contributed by atoms with van der Waals surface area (Å²) in [7, 11) is 0. The SMILES string of the molecule is O=[N+]([O-])c1ccc(NN=CC=NNc2ccc([N+](=O)[O-])cc2)cc1. The maximum atomic E-state index is 10.5. The van der Waals surface area contributed by atoms with Crippen molar-refractivity contribution in [2.24, 2.45) is 10.2 Å². The van der Waals surface area contributed by atoms with Crippen molar-refractivity contribution in [1.29, 1.82) is 0 Å². The van der Waals surface area contributed by atoms with Gasteiger partial charge in [-0.15, -0.1) is 0 Å². The number of benzene rings is 2. The van der Waals surface area contributed by atoms with Gasteiger partial charge in [-0.25, -0.2) is 0 Å². The Bertz CT molecular complexity index is 703. The zero-order chi connectivity index (χ0) is 17.4. The number of nitro groups is 2. The first kappa shape index (κ1) is 16.5. The molecule has 0 aromatic heterocycles. The van der Waals surface area contributed by atoms with E-state index in [9.17, 15) is 20.2 Å². The number of hydrogen-bond acceptors (Lipinski definition) is 8. The molecule has 122 valence electrons. The van der Waals surface area contributed by atoms with E-state index in [1.54, 1.807) is 0 Å². The fourth-order valence-corrected chi connectivity index (χ4v) is 1.61. The van der Waals surface area contributed by atoms with Gasteiger partial charge in [-0.2, -0.15) is 10.2 Å². The van der Waals surface area contributed by atoms with Crippen LogP contribution in [0, 0.1) is 20.2 Å². The first-order chi connectivity index (χ1) is 11.6. The number of hydrogen-bond donors (Lipinski definition) is 2. The maximum absolute atomic E-state index is 10.5. The summed E-state index contributed by atoms with van der Waals surface area (Å²) >= 11 is 0. The van der Waals surface area contributed by atoms with Gasteiger partial charge in [0.25, 0.3) is 11.4 Å². The number of rotatable bonds is 7. The van der Waals surface area contributed by atoms with Crippen molar-refractivity contribution < 1.29 is 9.85 Å². The van der Waals surface area contributed by atoms with E-state index in [-0.39, 0.29) is 11.4 Å². The average Bonchev–Trinajstić information content (AvgIpc) is 2.58. The molecule has 0 fully saturated rings. The average molecular weight is 328 g/mol. The van der Waals surface area contributed by atoms with Gasteiger partial charge in [0.15, 0.2) is 0 Å². The highest BCUT2D eigenvalue weighted by Crippen LogP contribution is 2.15. The fraction of sp³-hybridized carbons (Fsp3) is 0. The minimum absolute atomic E-state index is 0.00149. The standard InChI is InChI=1S/C14H12N6O4/c21-19(22)13-5-1-11(2-6-13)17-15-9-10-16-18-12-3-7-14(8-4-12)20(23)24/h1-10,17-18H. The van der Waals surface area contributed by atoms with Crippen LogP contribution in [0.5, 0.6) is 0 Å². The minimum atomic E-state index is -0.483. The second-order valence-electron chi connectivity index (χ2n) is 4.39.